The lowest BCUT2D eigenvalue weighted by Crippen LogP contribution is -2.33. The second-order valence-corrected chi connectivity index (χ2v) is 4.34. The summed E-state index contributed by atoms with van der Waals surface area (Å²) in [6.45, 7) is 4.47. The molecule has 1 aromatic rings. The zero-order valence-electron chi connectivity index (χ0n) is 9.56. The average Bonchev–Trinajstić information content (AvgIpc) is 2.87. The average molecular weight is 223 g/mol. The van der Waals surface area contributed by atoms with Crippen molar-refractivity contribution in [2.45, 2.75) is 32.4 Å². The maximum Gasteiger partial charge on any atom is 0.226 e. The molecule has 0 bridgehead atoms. The summed E-state index contributed by atoms with van der Waals surface area (Å²) in [5, 5.41) is 9.56. The van der Waals surface area contributed by atoms with E-state index in [2.05, 4.69) is 15.5 Å². The Hall–Kier alpha value is -1.36. The Kier molecular flexibility index (Phi) is 3.24. The van der Waals surface area contributed by atoms with Crippen LogP contribution in [0, 0.1) is 5.92 Å². The van der Waals surface area contributed by atoms with Gasteiger partial charge in [-0.15, -0.1) is 0 Å². The molecule has 1 aromatic heterocycles. The molecule has 0 saturated carbocycles. The van der Waals surface area contributed by atoms with Crippen LogP contribution in [0.4, 0.5) is 0 Å². The van der Waals surface area contributed by atoms with Crippen molar-refractivity contribution < 1.29 is 9.53 Å². The normalized spacial score (nSPS) is 26.6. The molecule has 5 heteroatoms. The van der Waals surface area contributed by atoms with Gasteiger partial charge in [0.2, 0.25) is 5.91 Å². The number of aromatic nitrogens is 2. The van der Waals surface area contributed by atoms with Gasteiger partial charge in [0.05, 0.1) is 30.9 Å². The number of ether oxygens (including phenoxy) is 1. The molecule has 3 unspecified atom stereocenters. The predicted molar refractivity (Wildman–Crippen MR) is 58.7 cm³/mol. The van der Waals surface area contributed by atoms with Crippen LogP contribution < -0.4 is 5.32 Å². The van der Waals surface area contributed by atoms with Gasteiger partial charge in [-0.25, -0.2) is 0 Å². The summed E-state index contributed by atoms with van der Waals surface area (Å²) in [4.78, 5) is 11.9. The monoisotopic (exact) mass is 223 g/mol. The number of amides is 1. The second-order valence-electron chi connectivity index (χ2n) is 4.34. The summed E-state index contributed by atoms with van der Waals surface area (Å²) >= 11 is 0. The topological polar surface area (TPSA) is 67.0 Å². The fourth-order valence-electron chi connectivity index (χ4n) is 1.91. The van der Waals surface area contributed by atoms with Crippen LogP contribution >= 0.6 is 0 Å². The Bertz CT molecular complexity index is 350. The number of carbonyl (C=O) groups is 1. The van der Waals surface area contributed by atoms with E-state index < -0.39 is 0 Å². The van der Waals surface area contributed by atoms with Gasteiger partial charge >= 0.3 is 0 Å². The van der Waals surface area contributed by atoms with E-state index in [1.54, 1.807) is 12.4 Å². The Morgan fingerprint density at radius 3 is 3.12 bits per heavy atom. The highest BCUT2D eigenvalue weighted by Gasteiger charge is 2.29. The molecule has 1 amide bonds. The summed E-state index contributed by atoms with van der Waals surface area (Å²) < 4.78 is 5.38. The fourth-order valence-corrected chi connectivity index (χ4v) is 1.91. The fraction of sp³-hybridized carbons (Fsp3) is 0.636. The van der Waals surface area contributed by atoms with Gasteiger partial charge in [0.25, 0.3) is 0 Å². The number of hydrogen-bond donors (Lipinski definition) is 2. The van der Waals surface area contributed by atoms with Gasteiger partial charge in [-0.3, -0.25) is 9.89 Å². The molecule has 1 aliphatic rings. The second kappa shape index (κ2) is 4.65. The number of nitrogens with zero attached hydrogens (tertiary/aromatic N) is 1. The van der Waals surface area contributed by atoms with Crippen LogP contribution in [0.2, 0.25) is 0 Å². The van der Waals surface area contributed by atoms with Crippen molar-refractivity contribution >= 4 is 5.91 Å². The Labute approximate surface area is 94.6 Å². The molecule has 0 aliphatic carbocycles. The predicted octanol–water partition coefficient (Wildman–Crippen LogP) is 1.01. The Morgan fingerprint density at radius 1 is 1.75 bits per heavy atom. The van der Waals surface area contributed by atoms with Crippen molar-refractivity contribution in [3.8, 4) is 0 Å². The van der Waals surface area contributed by atoms with Crippen LogP contribution in [0.1, 0.15) is 31.9 Å². The third-order valence-corrected chi connectivity index (χ3v) is 2.95. The standard InChI is InChI=1S/C11H17N3O2/c1-7-3-9(6-16-7)11(15)14-8(2)10-4-12-13-5-10/h4-5,7-9H,3,6H2,1-2H3,(H,12,13)(H,14,15). The maximum atomic E-state index is 11.9. The molecule has 1 aliphatic heterocycles. The van der Waals surface area contributed by atoms with Crippen LogP contribution in [0.25, 0.3) is 0 Å². The van der Waals surface area contributed by atoms with Crippen LogP contribution in [-0.2, 0) is 9.53 Å². The number of hydrogen-bond acceptors (Lipinski definition) is 3. The number of nitrogens with one attached hydrogen (secondary N) is 2. The number of carbonyl (C=O) groups excluding carboxylic acids is 1. The highest BCUT2D eigenvalue weighted by atomic mass is 16.5. The first-order valence-electron chi connectivity index (χ1n) is 5.57. The molecule has 5 nitrogen and oxygen atoms in total. The molecule has 0 radical (unpaired) electrons. The third kappa shape index (κ3) is 2.41. The molecule has 3 atom stereocenters. The van der Waals surface area contributed by atoms with Gasteiger partial charge in [-0.1, -0.05) is 0 Å². The van der Waals surface area contributed by atoms with Gasteiger partial charge in [0, 0.05) is 11.8 Å². The van der Waals surface area contributed by atoms with Crippen molar-refractivity contribution in [3.05, 3.63) is 18.0 Å². The van der Waals surface area contributed by atoms with E-state index in [0.29, 0.717) is 6.61 Å². The van der Waals surface area contributed by atoms with Gasteiger partial charge in [-0.2, -0.15) is 5.10 Å². The maximum absolute atomic E-state index is 11.9. The molecule has 0 aromatic carbocycles. The summed E-state index contributed by atoms with van der Waals surface area (Å²) in [6.07, 6.45) is 4.52. The summed E-state index contributed by atoms with van der Waals surface area (Å²) in [5.74, 6) is 0.0578. The first-order chi connectivity index (χ1) is 7.66. The molecule has 1 fully saturated rings. The lowest BCUT2D eigenvalue weighted by Gasteiger charge is -2.14. The molecular formula is C11H17N3O2. The van der Waals surface area contributed by atoms with E-state index in [1.165, 1.54) is 0 Å². The van der Waals surface area contributed by atoms with Crippen molar-refractivity contribution in [2.24, 2.45) is 5.92 Å². The van der Waals surface area contributed by atoms with Crippen molar-refractivity contribution in [1.29, 1.82) is 0 Å². The summed E-state index contributed by atoms with van der Waals surface area (Å²) in [7, 11) is 0. The summed E-state index contributed by atoms with van der Waals surface area (Å²) in [5.41, 5.74) is 0.986. The number of rotatable bonds is 3. The summed E-state index contributed by atoms with van der Waals surface area (Å²) in [6, 6.07) is -0.0119. The zero-order valence-corrected chi connectivity index (χ0v) is 9.56. The molecule has 16 heavy (non-hydrogen) atoms. The van der Waals surface area contributed by atoms with E-state index in [1.807, 2.05) is 13.8 Å². The van der Waals surface area contributed by atoms with Crippen LogP contribution in [0.3, 0.4) is 0 Å². The third-order valence-electron chi connectivity index (χ3n) is 2.95. The van der Waals surface area contributed by atoms with E-state index in [9.17, 15) is 4.79 Å². The van der Waals surface area contributed by atoms with Crippen molar-refractivity contribution in [3.63, 3.8) is 0 Å². The van der Waals surface area contributed by atoms with E-state index in [0.717, 1.165) is 12.0 Å². The molecular weight excluding hydrogens is 206 g/mol. The number of aromatic amines is 1. The van der Waals surface area contributed by atoms with Crippen LogP contribution in [0.5, 0.6) is 0 Å². The molecule has 2 rings (SSSR count). The minimum absolute atomic E-state index is 0.00986. The highest BCUT2D eigenvalue weighted by Crippen LogP contribution is 2.20. The van der Waals surface area contributed by atoms with Crippen molar-refractivity contribution in [1.82, 2.24) is 15.5 Å². The SMILES string of the molecule is CC1CC(C(=O)NC(C)c2cn[nH]c2)CO1. The minimum Gasteiger partial charge on any atom is -0.378 e. The van der Waals surface area contributed by atoms with Crippen molar-refractivity contribution in [2.75, 3.05) is 6.61 Å². The van der Waals surface area contributed by atoms with Crippen LogP contribution in [0.15, 0.2) is 12.4 Å². The molecule has 1 saturated heterocycles. The lowest BCUT2D eigenvalue weighted by molar-refractivity contribution is -0.125. The Balaban J connectivity index is 1.88. The minimum atomic E-state index is -0.0119. The van der Waals surface area contributed by atoms with Gasteiger partial charge in [0.1, 0.15) is 0 Å². The smallest absolute Gasteiger partial charge is 0.226 e. The Morgan fingerprint density at radius 2 is 2.56 bits per heavy atom. The van der Waals surface area contributed by atoms with Gasteiger partial charge in [-0.05, 0) is 20.3 Å². The molecule has 2 N–H and O–H groups in total. The highest BCUT2D eigenvalue weighted by molar-refractivity contribution is 5.79. The van der Waals surface area contributed by atoms with E-state index in [-0.39, 0.29) is 24.0 Å². The van der Waals surface area contributed by atoms with Crippen LogP contribution in [-0.4, -0.2) is 28.8 Å². The van der Waals surface area contributed by atoms with Gasteiger partial charge < -0.3 is 10.1 Å². The first-order valence-corrected chi connectivity index (χ1v) is 5.57. The number of H-pyrrole nitrogens is 1. The molecule has 0 spiro atoms. The lowest BCUT2D eigenvalue weighted by atomic mass is 10.0. The quantitative estimate of drug-likeness (QED) is 0.803. The van der Waals surface area contributed by atoms with E-state index >= 15 is 0 Å². The molecule has 2 heterocycles. The zero-order chi connectivity index (χ0) is 11.5. The van der Waals surface area contributed by atoms with Gasteiger partial charge in [0.15, 0.2) is 0 Å². The first kappa shape index (κ1) is 11.1. The molecule has 88 valence electrons. The van der Waals surface area contributed by atoms with E-state index in [4.69, 9.17) is 4.74 Å². The largest absolute Gasteiger partial charge is 0.378 e.